The second-order valence-electron chi connectivity index (χ2n) is 3.89. The van der Waals surface area contributed by atoms with Crippen LogP contribution in [0.15, 0.2) is 23.1 Å². The van der Waals surface area contributed by atoms with Crippen LogP contribution in [-0.2, 0) is 14.8 Å². The molecule has 1 aliphatic rings. The molecule has 102 valence electrons. The summed E-state index contributed by atoms with van der Waals surface area (Å²) in [6.45, 7) is -0.0283. The van der Waals surface area contributed by atoms with Gasteiger partial charge in [-0.3, -0.25) is 4.79 Å². The van der Waals surface area contributed by atoms with Crippen LogP contribution in [0.25, 0.3) is 0 Å². The molecule has 1 heterocycles. The number of carbonyl (C=O) groups is 2. The van der Waals surface area contributed by atoms with Crippen LogP contribution in [0.3, 0.4) is 0 Å². The molecule has 19 heavy (non-hydrogen) atoms. The number of hydrogen-bond donors (Lipinski definition) is 1. The number of carboxylic acid groups (broad SMARTS) is 1. The first kappa shape index (κ1) is 13.5. The Morgan fingerprint density at radius 1 is 1.42 bits per heavy atom. The van der Waals surface area contributed by atoms with Crippen LogP contribution in [-0.4, -0.2) is 50.0 Å². The van der Waals surface area contributed by atoms with Crippen LogP contribution >= 0.6 is 0 Å². The number of hydrogen-bond acceptors (Lipinski definition) is 5. The van der Waals surface area contributed by atoms with Gasteiger partial charge in [-0.25, -0.2) is 17.5 Å². The molecule has 2 rings (SSSR count). The molecule has 0 saturated heterocycles. The van der Waals surface area contributed by atoms with Gasteiger partial charge in [-0.15, -0.1) is 0 Å². The van der Waals surface area contributed by atoms with Gasteiger partial charge in [0, 0.05) is 7.11 Å². The van der Waals surface area contributed by atoms with Gasteiger partial charge in [0.05, 0.1) is 24.3 Å². The first-order chi connectivity index (χ1) is 8.89. The minimum absolute atomic E-state index is 0.0129. The molecule has 0 unspecified atom stereocenters. The average Bonchev–Trinajstić information content (AvgIpc) is 2.55. The largest absolute Gasteiger partial charge is 0.478 e. The number of carboxylic acids is 1. The van der Waals surface area contributed by atoms with E-state index < -0.39 is 21.9 Å². The lowest BCUT2D eigenvalue weighted by Crippen LogP contribution is -2.33. The Balaban J connectivity index is 2.51. The Hall–Kier alpha value is -1.93. The van der Waals surface area contributed by atoms with Gasteiger partial charge in [0.15, 0.2) is 0 Å². The Morgan fingerprint density at radius 2 is 2.11 bits per heavy atom. The molecule has 1 aromatic rings. The van der Waals surface area contributed by atoms with E-state index in [0.29, 0.717) is 4.31 Å². The van der Waals surface area contributed by atoms with E-state index in [1.807, 2.05) is 0 Å². The molecule has 1 N–H and O–H groups in total. The summed E-state index contributed by atoms with van der Waals surface area (Å²) in [6.07, 6.45) is 0. The predicted octanol–water partition coefficient (Wildman–Crippen LogP) is 0.176. The van der Waals surface area contributed by atoms with Crippen molar-refractivity contribution in [3.63, 3.8) is 0 Å². The maximum Gasteiger partial charge on any atom is 0.335 e. The quantitative estimate of drug-likeness (QED) is 0.846. The predicted molar refractivity (Wildman–Crippen MR) is 63.5 cm³/mol. The summed E-state index contributed by atoms with van der Waals surface area (Å²) >= 11 is 0. The molecule has 8 heteroatoms. The third-order valence-corrected chi connectivity index (χ3v) is 4.57. The Kier molecular flexibility index (Phi) is 3.29. The lowest BCUT2D eigenvalue weighted by molar-refractivity contribution is 0.0695. The van der Waals surface area contributed by atoms with E-state index in [2.05, 4.69) is 0 Å². The van der Waals surface area contributed by atoms with E-state index >= 15 is 0 Å². The summed E-state index contributed by atoms with van der Waals surface area (Å²) in [5.41, 5.74) is -0.190. The minimum atomic E-state index is -3.98. The number of carbonyl (C=O) groups excluding carboxylic acids is 1. The Labute approximate surface area is 109 Å². The van der Waals surface area contributed by atoms with Crippen molar-refractivity contribution < 1.29 is 27.9 Å². The van der Waals surface area contributed by atoms with Crippen molar-refractivity contribution in [2.75, 3.05) is 20.3 Å². The molecular formula is C11H11NO6S. The van der Waals surface area contributed by atoms with Gasteiger partial charge < -0.3 is 9.84 Å². The standard InChI is InChI=1S/C11H11NO6S/c1-18-5-4-12-10(13)8-3-2-7(11(14)15)6-9(8)19(12,16)17/h2-3,6H,4-5H2,1H3,(H,14,15). The normalized spacial score (nSPS) is 16.5. The van der Waals surface area contributed by atoms with Crippen molar-refractivity contribution in [2.45, 2.75) is 4.90 Å². The van der Waals surface area contributed by atoms with Crippen molar-refractivity contribution in [1.29, 1.82) is 0 Å². The summed E-state index contributed by atoms with van der Waals surface area (Å²) in [6, 6.07) is 3.41. The molecule has 0 aliphatic carbocycles. The first-order valence-electron chi connectivity index (χ1n) is 5.33. The molecule has 0 radical (unpaired) electrons. The number of fused-ring (bicyclic) bond motifs is 1. The third kappa shape index (κ3) is 2.08. The van der Waals surface area contributed by atoms with Crippen LogP contribution in [0.2, 0.25) is 0 Å². The third-order valence-electron chi connectivity index (χ3n) is 2.75. The van der Waals surface area contributed by atoms with Gasteiger partial charge in [-0.2, -0.15) is 0 Å². The number of sulfonamides is 1. The fourth-order valence-electron chi connectivity index (χ4n) is 1.80. The van der Waals surface area contributed by atoms with Crippen LogP contribution < -0.4 is 0 Å². The molecule has 0 aromatic heterocycles. The molecular weight excluding hydrogens is 274 g/mol. The highest BCUT2D eigenvalue weighted by atomic mass is 32.2. The number of ether oxygens (including phenoxy) is 1. The minimum Gasteiger partial charge on any atom is -0.478 e. The van der Waals surface area contributed by atoms with Crippen LogP contribution in [0.4, 0.5) is 0 Å². The molecule has 1 aromatic carbocycles. The number of aromatic carboxylic acids is 1. The summed E-state index contributed by atoms with van der Waals surface area (Å²) in [7, 11) is -2.59. The monoisotopic (exact) mass is 285 g/mol. The Bertz CT molecular complexity index is 651. The lowest BCUT2D eigenvalue weighted by Gasteiger charge is -2.13. The van der Waals surface area contributed by atoms with E-state index in [1.54, 1.807) is 0 Å². The number of amides is 1. The number of nitrogens with zero attached hydrogens (tertiary/aromatic N) is 1. The topological polar surface area (TPSA) is 101 Å². The van der Waals surface area contributed by atoms with Gasteiger partial charge in [0.25, 0.3) is 15.9 Å². The van der Waals surface area contributed by atoms with Crippen molar-refractivity contribution in [1.82, 2.24) is 4.31 Å². The SMILES string of the molecule is COCCN1C(=O)c2ccc(C(=O)O)cc2S1(=O)=O. The fraction of sp³-hybridized carbons (Fsp3) is 0.273. The number of methoxy groups -OCH3 is 1. The fourth-order valence-corrected chi connectivity index (χ4v) is 3.38. The molecule has 0 atom stereocenters. The van der Waals surface area contributed by atoms with Crippen LogP contribution in [0, 0.1) is 0 Å². The lowest BCUT2D eigenvalue weighted by atomic mass is 10.1. The van der Waals surface area contributed by atoms with Crippen LogP contribution in [0.5, 0.6) is 0 Å². The van der Waals surface area contributed by atoms with E-state index in [0.717, 1.165) is 6.07 Å². The zero-order chi connectivity index (χ0) is 14.2. The molecule has 1 amide bonds. The van der Waals surface area contributed by atoms with Gasteiger partial charge in [0.2, 0.25) is 0 Å². The van der Waals surface area contributed by atoms with Gasteiger partial charge in [-0.1, -0.05) is 0 Å². The van der Waals surface area contributed by atoms with Crippen LogP contribution in [0.1, 0.15) is 20.7 Å². The number of benzene rings is 1. The zero-order valence-corrected chi connectivity index (χ0v) is 10.8. The number of rotatable bonds is 4. The molecule has 0 bridgehead atoms. The summed E-state index contributed by atoms with van der Waals surface area (Å²) in [5.74, 6) is -1.91. The summed E-state index contributed by atoms with van der Waals surface area (Å²) in [4.78, 5) is 22.5. The van der Waals surface area contributed by atoms with Crippen molar-refractivity contribution in [3.8, 4) is 0 Å². The van der Waals surface area contributed by atoms with Crippen molar-refractivity contribution >= 4 is 21.9 Å². The second-order valence-corrected chi connectivity index (χ2v) is 5.72. The second kappa shape index (κ2) is 4.63. The van der Waals surface area contributed by atoms with E-state index in [4.69, 9.17) is 9.84 Å². The van der Waals surface area contributed by atoms with E-state index in [1.165, 1.54) is 19.2 Å². The van der Waals surface area contributed by atoms with E-state index in [-0.39, 0.29) is 29.2 Å². The van der Waals surface area contributed by atoms with Gasteiger partial charge >= 0.3 is 5.97 Å². The molecule has 0 spiro atoms. The molecule has 0 fully saturated rings. The highest BCUT2D eigenvalue weighted by Gasteiger charge is 2.41. The maximum absolute atomic E-state index is 12.1. The summed E-state index contributed by atoms with van der Waals surface area (Å²) < 4.78 is 29.7. The molecule has 7 nitrogen and oxygen atoms in total. The Morgan fingerprint density at radius 3 is 2.68 bits per heavy atom. The highest BCUT2D eigenvalue weighted by molar-refractivity contribution is 7.90. The molecule has 0 saturated carbocycles. The first-order valence-corrected chi connectivity index (χ1v) is 6.77. The van der Waals surface area contributed by atoms with Crippen molar-refractivity contribution in [3.05, 3.63) is 29.3 Å². The van der Waals surface area contributed by atoms with E-state index in [9.17, 15) is 18.0 Å². The maximum atomic E-state index is 12.1. The summed E-state index contributed by atoms with van der Waals surface area (Å²) in [5, 5.41) is 8.85. The highest BCUT2D eigenvalue weighted by Crippen LogP contribution is 2.30. The zero-order valence-electron chi connectivity index (χ0n) is 9.99. The molecule has 1 aliphatic heterocycles. The van der Waals surface area contributed by atoms with Gasteiger partial charge in [-0.05, 0) is 18.2 Å². The van der Waals surface area contributed by atoms with Crippen molar-refractivity contribution in [2.24, 2.45) is 0 Å². The smallest absolute Gasteiger partial charge is 0.335 e. The van der Waals surface area contributed by atoms with Gasteiger partial charge in [0.1, 0.15) is 4.90 Å². The average molecular weight is 285 g/mol.